The van der Waals surface area contributed by atoms with Crippen molar-refractivity contribution >= 4 is 22.3 Å². The molecule has 2 atom stereocenters. The van der Waals surface area contributed by atoms with Crippen molar-refractivity contribution in [1.82, 2.24) is 4.98 Å². The highest BCUT2D eigenvalue weighted by Crippen LogP contribution is 2.47. The van der Waals surface area contributed by atoms with Crippen molar-refractivity contribution in [2.75, 3.05) is 11.4 Å². The zero-order chi connectivity index (χ0) is 16.2. The van der Waals surface area contributed by atoms with E-state index in [1.165, 1.54) is 36.1 Å². The molecule has 1 aliphatic carbocycles. The van der Waals surface area contributed by atoms with E-state index in [0.29, 0.717) is 10.9 Å². The molecular weight excluding hydrogens is 325 g/mol. The van der Waals surface area contributed by atoms with Gasteiger partial charge in [0.2, 0.25) is 5.78 Å². The lowest BCUT2D eigenvalue weighted by Gasteiger charge is -2.15. The Bertz CT molecular complexity index is 771. The van der Waals surface area contributed by atoms with Crippen molar-refractivity contribution in [2.45, 2.75) is 25.1 Å². The van der Waals surface area contributed by atoms with E-state index < -0.39 is 17.5 Å². The van der Waals surface area contributed by atoms with E-state index in [4.69, 9.17) is 0 Å². The molecule has 4 rings (SSSR count). The molecule has 1 saturated heterocycles. The molecule has 0 N–H and O–H groups in total. The number of halogens is 3. The number of thiazole rings is 1. The number of hydrogen-bond acceptors (Lipinski definition) is 4. The molecule has 1 saturated carbocycles. The van der Waals surface area contributed by atoms with Crippen molar-refractivity contribution < 1.29 is 18.0 Å². The third-order valence-electron chi connectivity index (χ3n) is 4.44. The summed E-state index contributed by atoms with van der Waals surface area (Å²) in [4.78, 5) is 19.3. The molecule has 0 amide bonds. The maximum Gasteiger partial charge on any atom is 0.416 e. The number of piperidine rings is 1. The second-order valence-electron chi connectivity index (χ2n) is 5.96. The Morgan fingerprint density at radius 3 is 2.83 bits per heavy atom. The van der Waals surface area contributed by atoms with Gasteiger partial charge in [0.1, 0.15) is 0 Å². The molecule has 2 unspecified atom stereocenters. The van der Waals surface area contributed by atoms with Crippen molar-refractivity contribution in [3.63, 3.8) is 0 Å². The fourth-order valence-corrected chi connectivity index (χ4v) is 4.08. The molecule has 0 spiro atoms. The van der Waals surface area contributed by atoms with Crippen LogP contribution in [-0.2, 0) is 6.18 Å². The number of carbonyl (C=O) groups excluding carboxylic acids is 1. The molecule has 7 heteroatoms. The summed E-state index contributed by atoms with van der Waals surface area (Å²) < 4.78 is 38.3. The lowest BCUT2D eigenvalue weighted by atomic mass is 10.1. The van der Waals surface area contributed by atoms with Gasteiger partial charge in [-0.2, -0.15) is 13.2 Å². The second kappa shape index (κ2) is 5.06. The maximum absolute atomic E-state index is 12.8. The number of hydrogen-bond donors (Lipinski definition) is 0. The molecular formula is C16H13F3N2OS. The Morgan fingerprint density at radius 2 is 2.17 bits per heavy atom. The van der Waals surface area contributed by atoms with Crippen LogP contribution in [0.15, 0.2) is 30.5 Å². The molecule has 23 heavy (non-hydrogen) atoms. The number of benzene rings is 1. The number of aromatic nitrogens is 1. The van der Waals surface area contributed by atoms with Gasteiger partial charge in [-0.1, -0.05) is 23.5 Å². The molecule has 2 fully saturated rings. The number of fused-ring (bicyclic) bond motifs is 1. The van der Waals surface area contributed by atoms with Crippen molar-refractivity contribution in [2.24, 2.45) is 5.92 Å². The van der Waals surface area contributed by atoms with Gasteiger partial charge in [0, 0.05) is 18.2 Å². The number of alkyl halides is 3. The Morgan fingerprint density at radius 1 is 1.35 bits per heavy atom. The van der Waals surface area contributed by atoms with Gasteiger partial charge in [0.25, 0.3) is 0 Å². The second-order valence-corrected chi connectivity index (χ2v) is 6.97. The zero-order valence-electron chi connectivity index (χ0n) is 12.0. The first-order chi connectivity index (χ1) is 10.9. The van der Waals surface area contributed by atoms with Crippen LogP contribution in [-0.4, -0.2) is 23.4 Å². The third-order valence-corrected chi connectivity index (χ3v) is 5.47. The smallest absolute Gasteiger partial charge is 0.345 e. The van der Waals surface area contributed by atoms with Crippen molar-refractivity contribution in [3.8, 4) is 0 Å². The predicted molar refractivity (Wildman–Crippen MR) is 80.8 cm³/mol. The van der Waals surface area contributed by atoms with Crippen LogP contribution < -0.4 is 4.90 Å². The maximum atomic E-state index is 12.8. The van der Waals surface area contributed by atoms with Crippen LogP contribution in [0.25, 0.3) is 0 Å². The topological polar surface area (TPSA) is 33.2 Å². The van der Waals surface area contributed by atoms with Crippen LogP contribution in [0.5, 0.6) is 0 Å². The zero-order valence-corrected chi connectivity index (χ0v) is 12.8. The summed E-state index contributed by atoms with van der Waals surface area (Å²) >= 11 is 1.26. The van der Waals surface area contributed by atoms with Crippen molar-refractivity contribution in [3.05, 3.63) is 46.5 Å². The fourth-order valence-electron chi connectivity index (χ4n) is 3.11. The Hall–Kier alpha value is -1.89. The average Bonchev–Trinajstić information content (AvgIpc) is 2.96. The summed E-state index contributed by atoms with van der Waals surface area (Å²) in [6.07, 6.45) is -0.651. The van der Waals surface area contributed by atoms with E-state index in [-0.39, 0.29) is 5.56 Å². The van der Waals surface area contributed by atoms with Gasteiger partial charge in [-0.3, -0.25) is 4.79 Å². The van der Waals surface area contributed by atoms with Crippen LogP contribution in [0.2, 0.25) is 0 Å². The first-order valence-electron chi connectivity index (χ1n) is 7.38. The summed E-state index contributed by atoms with van der Waals surface area (Å²) in [5.74, 6) is 0.341. The number of anilines is 1. The molecule has 2 aliphatic rings. The molecule has 1 aliphatic heterocycles. The number of nitrogens with zero attached hydrogens (tertiary/aromatic N) is 2. The van der Waals surface area contributed by atoms with E-state index in [1.54, 1.807) is 0 Å². The largest absolute Gasteiger partial charge is 0.416 e. The van der Waals surface area contributed by atoms with Gasteiger partial charge in [-0.05, 0) is 30.9 Å². The number of rotatable bonds is 3. The Balaban J connectivity index is 1.59. The summed E-state index contributed by atoms with van der Waals surface area (Å²) in [5.41, 5.74) is -0.769. The Kier molecular flexibility index (Phi) is 3.23. The lowest BCUT2D eigenvalue weighted by Crippen LogP contribution is -2.21. The lowest BCUT2D eigenvalue weighted by molar-refractivity contribution is -0.137. The first-order valence-corrected chi connectivity index (χ1v) is 8.19. The summed E-state index contributed by atoms with van der Waals surface area (Å²) in [6, 6.07) is 5.07. The monoisotopic (exact) mass is 338 g/mol. The molecule has 2 heterocycles. The Labute approximate surface area is 134 Å². The van der Waals surface area contributed by atoms with Gasteiger partial charge in [0.15, 0.2) is 5.13 Å². The normalized spacial score (nSPS) is 23.0. The average molecular weight is 338 g/mol. The fraction of sp³-hybridized carbons (Fsp3) is 0.375. The highest BCUT2D eigenvalue weighted by atomic mass is 32.1. The molecule has 0 radical (unpaired) electrons. The molecule has 0 bridgehead atoms. The van der Waals surface area contributed by atoms with Crippen LogP contribution in [0.3, 0.4) is 0 Å². The van der Waals surface area contributed by atoms with Gasteiger partial charge in [-0.25, -0.2) is 4.98 Å². The van der Waals surface area contributed by atoms with Crippen molar-refractivity contribution in [1.29, 1.82) is 0 Å². The standard InChI is InChI=1S/C16H13F3N2OS/c17-16(18,19)11-3-1-2-10(6-11)14(22)13-8-20-15(23-13)21-5-4-9-7-12(9)21/h1-3,6,8-9,12H,4-5,7H2. The van der Waals surface area contributed by atoms with Crippen LogP contribution in [0, 0.1) is 5.92 Å². The molecule has 2 aromatic rings. The summed E-state index contributed by atoms with van der Waals surface area (Å²) in [7, 11) is 0. The summed E-state index contributed by atoms with van der Waals surface area (Å²) in [6.45, 7) is 0.944. The minimum Gasteiger partial charge on any atom is -0.345 e. The minimum absolute atomic E-state index is 0.0424. The first kappa shape index (κ1) is 14.7. The van der Waals surface area contributed by atoms with E-state index in [0.717, 1.165) is 36.1 Å². The van der Waals surface area contributed by atoms with Gasteiger partial charge in [-0.15, -0.1) is 0 Å². The van der Waals surface area contributed by atoms with E-state index in [9.17, 15) is 18.0 Å². The van der Waals surface area contributed by atoms with E-state index >= 15 is 0 Å². The molecule has 1 aromatic carbocycles. The SMILES string of the molecule is O=C(c1cccc(C(F)(F)F)c1)c1cnc(N2CCC3CC32)s1. The quantitative estimate of drug-likeness (QED) is 0.794. The van der Waals surface area contributed by atoms with Crippen LogP contribution >= 0.6 is 11.3 Å². The van der Waals surface area contributed by atoms with Crippen LogP contribution in [0.4, 0.5) is 18.3 Å². The van der Waals surface area contributed by atoms with Crippen LogP contribution in [0.1, 0.15) is 33.6 Å². The highest BCUT2D eigenvalue weighted by Gasteiger charge is 2.47. The number of ketones is 1. The highest BCUT2D eigenvalue weighted by molar-refractivity contribution is 7.17. The van der Waals surface area contributed by atoms with Gasteiger partial charge >= 0.3 is 6.18 Å². The van der Waals surface area contributed by atoms with Gasteiger partial charge in [0.05, 0.1) is 16.6 Å². The predicted octanol–water partition coefficient (Wildman–Crippen LogP) is 3.99. The van der Waals surface area contributed by atoms with Gasteiger partial charge < -0.3 is 4.90 Å². The van der Waals surface area contributed by atoms with E-state index in [2.05, 4.69) is 9.88 Å². The number of carbonyl (C=O) groups is 1. The molecule has 1 aromatic heterocycles. The molecule has 120 valence electrons. The van der Waals surface area contributed by atoms with E-state index in [1.807, 2.05) is 0 Å². The minimum atomic E-state index is -4.45. The summed E-state index contributed by atoms with van der Waals surface area (Å²) in [5, 5.41) is 0.797. The third kappa shape index (κ3) is 2.63. The molecule has 3 nitrogen and oxygen atoms in total.